The Hall–Kier alpha value is -1.68. The summed E-state index contributed by atoms with van der Waals surface area (Å²) in [5.74, 6) is -1.49. The standard InChI is InChI=1S/C12H16N2O7/c1-12(2)20-7-6(4-15)19-10(8(7)21-12)14-3-5(16)9(17)13-11(14)18/h3,6-8,10,15-16H,4H2,1-2H3,(H,13,17,18)/t6-,7?,8+,10-/m1/s1. The van der Waals surface area contributed by atoms with Crippen molar-refractivity contribution in [3.05, 3.63) is 27.0 Å². The fourth-order valence-corrected chi connectivity index (χ4v) is 2.69. The minimum Gasteiger partial charge on any atom is -0.502 e. The normalized spacial score (nSPS) is 34.0. The number of aromatic nitrogens is 2. The highest BCUT2D eigenvalue weighted by molar-refractivity contribution is 5.10. The van der Waals surface area contributed by atoms with Gasteiger partial charge in [-0.05, 0) is 13.8 Å². The van der Waals surface area contributed by atoms with Gasteiger partial charge in [0.25, 0.3) is 5.56 Å². The Labute approximate surface area is 118 Å². The van der Waals surface area contributed by atoms with Gasteiger partial charge in [0.05, 0.1) is 12.8 Å². The number of aromatic hydroxyl groups is 1. The van der Waals surface area contributed by atoms with Crippen LogP contribution < -0.4 is 11.2 Å². The Morgan fingerprint density at radius 2 is 2.00 bits per heavy atom. The van der Waals surface area contributed by atoms with E-state index in [9.17, 15) is 19.8 Å². The van der Waals surface area contributed by atoms with Crippen LogP contribution in [0, 0.1) is 0 Å². The van der Waals surface area contributed by atoms with Crippen molar-refractivity contribution in [3.63, 3.8) is 0 Å². The van der Waals surface area contributed by atoms with Crippen molar-refractivity contribution in [2.24, 2.45) is 0 Å². The molecule has 0 saturated carbocycles. The summed E-state index contributed by atoms with van der Waals surface area (Å²) < 4.78 is 18.0. The zero-order valence-corrected chi connectivity index (χ0v) is 11.5. The smallest absolute Gasteiger partial charge is 0.330 e. The van der Waals surface area contributed by atoms with Crippen molar-refractivity contribution in [3.8, 4) is 5.75 Å². The number of rotatable bonds is 2. The molecule has 2 fully saturated rings. The Bertz CT molecular complexity index is 664. The van der Waals surface area contributed by atoms with Crippen molar-refractivity contribution >= 4 is 0 Å². The minimum atomic E-state index is -0.913. The molecule has 0 amide bonds. The molecule has 3 N–H and O–H groups in total. The van der Waals surface area contributed by atoms with Crippen LogP contribution in [0.1, 0.15) is 20.1 Å². The average Bonchev–Trinajstić information content (AvgIpc) is 2.87. The average molecular weight is 300 g/mol. The molecule has 2 aliphatic heterocycles. The van der Waals surface area contributed by atoms with Crippen LogP contribution in [0.25, 0.3) is 0 Å². The third kappa shape index (κ3) is 2.27. The molecule has 1 aromatic heterocycles. The molecule has 0 aliphatic carbocycles. The van der Waals surface area contributed by atoms with E-state index in [0.717, 1.165) is 10.8 Å². The van der Waals surface area contributed by atoms with Crippen molar-refractivity contribution in [2.75, 3.05) is 6.61 Å². The second-order valence-electron chi connectivity index (χ2n) is 5.49. The van der Waals surface area contributed by atoms with Crippen molar-refractivity contribution in [1.82, 2.24) is 9.55 Å². The Kier molecular flexibility index (Phi) is 3.17. The first-order chi connectivity index (χ1) is 9.82. The molecule has 3 rings (SSSR count). The van der Waals surface area contributed by atoms with Crippen LogP contribution in [0.5, 0.6) is 5.75 Å². The van der Waals surface area contributed by atoms with E-state index in [2.05, 4.69) is 0 Å². The SMILES string of the molecule is CC1(C)OC2[C@@H](CO)O[C@@H](n3cc(O)c(=O)[nH]c3=O)[C@H]2O1. The monoisotopic (exact) mass is 300 g/mol. The number of aromatic amines is 1. The van der Waals surface area contributed by atoms with Gasteiger partial charge in [-0.25, -0.2) is 4.79 Å². The second-order valence-corrected chi connectivity index (χ2v) is 5.49. The molecular formula is C12H16N2O7. The van der Waals surface area contributed by atoms with Gasteiger partial charge in [0.15, 0.2) is 17.8 Å². The lowest BCUT2D eigenvalue weighted by Crippen LogP contribution is -2.37. The van der Waals surface area contributed by atoms with Gasteiger partial charge in [0.2, 0.25) is 0 Å². The molecule has 0 radical (unpaired) electrons. The number of nitrogens with one attached hydrogen (secondary N) is 1. The summed E-state index contributed by atoms with van der Waals surface area (Å²) in [5.41, 5.74) is -1.62. The van der Waals surface area contributed by atoms with E-state index in [4.69, 9.17) is 14.2 Å². The third-order valence-corrected chi connectivity index (χ3v) is 3.53. The maximum absolute atomic E-state index is 11.9. The quantitative estimate of drug-likeness (QED) is 0.617. The van der Waals surface area contributed by atoms with Crippen LogP contribution in [0.4, 0.5) is 0 Å². The molecule has 1 unspecified atom stereocenters. The number of aliphatic hydroxyl groups is 1. The van der Waals surface area contributed by atoms with E-state index in [1.54, 1.807) is 13.8 Å². The lowest BCUT2D eigenvalue weighted by Gasteiger charge is -2.24. The summed E-state index contributed by atoms with van der Waals surface area (Å²) in [6, 6.07) is 0. The van der Waals surface area contributed by atoms with Gasteiger partial charge in [-0.1, -0.05) is 0 Å². The van der Waals surface area contributed by atoms with Crippen LogP contribution in [-0.2, 0) is 14.2 Å². The summed E-state index contributed by atoms with van der Waals surface area (Å²) in [7, 11) is 0. The second kappa shape index (κ2) is 4.67. The van der Waals surface area contributed by atoms with Crippen LogP contribution >= 0.6 is 0 Å². The predicted octanol–water partition coefficient (Wildman–Crippen LogP) is -1.35. The fraction of sp³-hybridized carbons (Fsp3) is 0.667. The lowest BCUT2D eigenvalue weighted by atomic mass is 10.1. The molecule has 21 heavy (non-hydrogen) atoms. The molecule has 0 bridgehead atoms. The number of ether oxygens (including phenoxy) is 3. The molecule has 4 atom stereocenters. The number of aliphatic hydroxyl groups excluding tert-OH is 1. The first-order valence-electron chi connectivity index (χ1n) is 6.49. The zero-order valence-electron chi connectivity index (χ0n) is 11.5. The van der Waals surface area contributed by atoms with Crippen molar-refractivity contribution in [2.45, 2.75) is 44.2 Å². The van der Waals surface area contributed by atoms with E-state index in [0.29, 0.717) is 0 Å². The number of hydrogen-bond donors (Lipinski definition) is 3. The van der Waals surface area contributed by atoms with Crippen LogP contribution in [0.2, 0.25) is 0 Å². The summed E-state index contributed by atoms with van der Waals surface area (Å²) in [6.45, 7) is 3.12. The molecule has 116 valence electrons. The van der Waals surface area contributed by atoms with E-state index in [-0.39, 0.29) is 6.61 Å². The Balaban J connectivity index is 2.01. The van der Waals surface area contributed by atoms with Crippen LogP contribution in [0.3, 0.4) is 0 Å². The van der Waals surface area contributed by atoms with Crippen molar-refractivity contribution in [1.29, 1.82) is 0 Å². The molecule has 3 heterocycles. The largest absolute Gasteiger partial charge is 0.502 e. The number of nitrogens with zero attached hydrogens (tertiary/aromatic N) is 1. The molecule has 1 aromatic rings. The molecule has 9 heteroatoms. The minimum absolute atomic E-state index is 0.304. The summed E-state index contributed by atoms with van der Waals surface area (Å²) >= 11 is 0. The number of fused-ring (bicyclic) bond motifs is 1. The van der Waals surface area contributed by atoms with E-state index < -0.39 is 47.3 Å². The highest BCUT2D eigenvalue weighted by atomic mass is 16.8. The molecule has 9 nitrogen and oxygen atoms in total. The van der Waals surface area contributed by atoms with Gasteiger partial charge in [-0.15, -0.1) is 0 Å². The van der Waals surface area contributed by atoms with Gasteiger partial charge < -0.3 is 24.4 Å². The summed E-state index contributed by atoms with van der Waals surface area (Å²) in [5, 5.41) is 18.8. The molecule has 2 saturated heterocycles. The Morgan fingerprint density at radius 1 is 1.33 bits per heavy atom. The molecule has 2 aliphatic rings. The maximum atomic E-state index is 11.9. The van der Waals surface area contributed by atoms with Gasteiger partial charge in [0, 0.05) is 0 Å². The fourth-order valence-electron chi connectivity index (χ4n) is 2.69. The number of hydrogen-bond acceptors (Lipinski definition) is 7. The zero-order chi connectivity index (χ0) is 15.4. The molecule has 0 aromatic carbocycles. The topological polar surface area (TPSA) is 123 Å². The van der Waals surface area contributed by atoms with Gasteiger partial charge in [0.1, 0.15) is 18.3 Å². The summed E-state index contributed by atoms with van der Waals surface area (Å²) in [6.07, 6.45) is -1.78. The van der Waals surface area contributed by atoms with Crippen molar-refractivity contribution < 1.29 is 24.4 Å². The van der Waals surface area contributed by atoms with Gasteiger partial charge in [-0.3, -0.25) is 14.3 Å². The summed E-state index contributed by atoms with van der Waals surface area (Å²) in [4.78, 5) is 25.1. The predicted molar refractivity (Wildman–Crippen MR) is 67.8 cm³/mol. The highest BCUT2D eigenvalue weighted by Gasteiger charge is 2.55. The molecular weight excluding hydrogens is 284 g/mol. The van der Waals surface area contributed by atoms with Gasteiger partial charge >= 0.3 is 5.69 Å². The maximum Gasteiger partial charge on any atom is 0.330 e. The number of H-pyrrole nitrogens is 1. The lowest BCUT2D eigenvalue weighted by molar-refractivity contribution is -0.200. The highest BCUT2D eigenvalue weighted by Crippen LogP contribution is 2.42. The Morgan fingerprint density at radius 3 is 2.67 bits per heavy atom. The molecule has 0 spiro atoms. The van der Waals surface area contributed by atoms with E-state index >= 15 is 0 Å². The van der Waals surface area contributed by atoms with E-state index in [1.807, 2.05) is 4.98 Å². The van der Waals surface area contributed by atoms with Gasteiger partial charge in [-0.2, -0.15) is 0 Å². The first kappa shape index (κ1) is 14.3. The van der Waals surface area contributed by atoms with E-state index in [1.165, 1.54) is 0 Å². The third-order valence-electron chi connectivity index (χ3n) is 3.53. The van der Waals surface area contributed by atoms with Crippen LogP contribution in [0.15, 0.2) is 15.8 Å². The van der Waals surface area contributed by atoms with Crippen LogP contribution in [-0.4, -0.2) is 50.5 Å². The first-order valence-corrected chi connectivity index (χ1v) is 6.49.